The maximum atomic E-state index is 11.4. The molecule has 1 aliphatic heterocycles. The summed E-state index contributed by atoms with van der Waals surface area (Å²) in [6, 6.07) is 11.5. The van der Waals surface area contributed by atoms with Crippen LogP contribution in [0.4, 0.5) is 18.9 Å². The van der Waals surface area contributed by atoms with Crippen molar-refractivity contribution in [1.29, 1.82) is 0 Å². The van der Waals surface area contributed by atoms with Crippen LogP contribution in [0.1, 0.15) is 27.0 Å². The van der Waals surface area contributed by atoms with E-state index in [0.717, 1.165) is 28.1 Å². The van der Waals surface area contributed by atoms with Crippen molar-refractivity contribution in [2.24, 2.45) is 4.99 Å². The number of aliphatic carboxylic acids is 1. The number of rotatable bonds is 2. The average Bonchev–Trinajstić information content (AvgIpc) is 2.80. The number of nitrogens with zero attached hydrogens (tertiary/aromatic N) is 1. The number of carboxylic acids is 2. The van der Waals surface area contributed by atoms with E-state index >= 15 is 0 Å². The van der Waals surface area contributed by atoms with Gasteiger partial charge in [0.05, 0.1) is 11.3 Å². The fourth-order valence-corrected chi connectivity index (χ4v) is 7.45. The van der Waals surface area contributed by atoms with Gasteiger partial charge in [0.15, 0.2) is 0 Å². The summed E-state index contributed by atoms with van der Waals surface area (Å²) in [6.07, 6.45) is 1.33. The van der Waals surface area contributed by atoms with Gasteiger partial charge in [0.25, 0.3) is 0 Å². The first-order chi connectivity index (χ1) is 16.7. The highest BCUT2D eigenvalue weighted by Gasteiger charge is 2.40. The minimum atomic E-state index is -5.08. The zero-order valence-corrected chi connectivity index (χ0v) is 21.1. The third-order valence-electron chi connectivity index (χ3n) is 6.18. The second-order valence-corrected chi connectivity index (χ2v) is 13.2. The SMILES string of the molecule is CN=C1C=CC2=C(c3ccc(C(=O)O)cc3C)c3ccc(N)cc3[Si](C)(C)C2=C1.O=C(O)C(F)(F)F. The Labute approximate surface area is 207 Å². The van der Waals surface area contributed by atoms with E-state index in [1.165, 1.54) is 21.5 Å². The van der Waals surface area contributed by atoms with Gasteiger partial charge >= 0.3 is 18.1 Å². The van der Waals surface area contributed by atoms with Crippen LogP contribution in [0, 0.1) is 6.92 Å². The number of aryl methyl sites for hydroxylation is 1. The topological polar surface area (TPSA) is 113 Å². The number of alkyl halides is 3. The minimum Gasteiger partial charge on any atom is -0.478 e. The monoisotopic (exact) mass is 514 g/mol. The molecule has 0 unspecified atom stereocenters. The van der Waals surface area contributed by atoms with Crippen molar-refractivity contribution in [2.75, 3.05) is 12.8 Å². The molecule has 36 heavy (non-hydrogen) atoms. The van der Waals surface area contributed by atoms with Crippen LogP contribution >= 0.6 is 0 Å². The van der Waals surface area contributed by atoms with Gasteiger partial charge in [-0.05, 0) is 81.6 Å². The fourth-order valence-electron chi connectivity index (χ4n) is 4.36. The van der Waals surface area contributed by atoms with E-state index in [1.54, 1.807) is 12.1 Å². The Morgan fingerprint density at radius 1 is 1.00 bits per heavy atom. The van der Waals surface area contributed by atoms with Crippen LogP contribution in [0.3, 0.4) is 0 Å². The molecule has 2 aliphatic rings. The van der Waals surface area contributed by atoms with Gasteiger partial charge in [-0.3, -0.25) is 4.99 Å². The van der Waals surface area contributed by atoms with Crippen LogP contribution in [-0.2, 0) is 4.79 Å². The van der Waals surface area contributed by atoms with Crippen molar-refractivity contribution in [2.45, 2.75) is 26.2 Å². The lowest BCUT2D eigenvalue weighted by atomic mass is 9.87. The molecule has 4 N–H and O–H groups in total. The maximum Gasteiger partial charge on any atom is 0.490 e. The number of carbonyl (C=O) groups is 2. The molecular formula is C26H25F3N2O4Si. The van der Waals surface area contributed by atoms with Gasteiger partial charge in [0.2, 0.25) is 0 Å². The van der Waals surface area contributed by atoms with Gasteiger partial charge in [0.1, 0.15) is 8.07 Å². The molecule has 188 valence electrons. The molecule has 10 heteroatoms. The maximum absolute atomic E-state index is 11.4. The van der Waals surface area contributed by atoms with E-state index in [0.29, 0.717) is 5.56 Å². The molecule has 0 saturated heterocycles. The standard InChI is InChI=1S/C24H24N2O2Si.C2HF3O2/c1-14-11-15(24(27)28)5-8-18(14)23-19-9-6-16(25)12-21(19)29(3,4)22-13-17(26-2)7-10-20(22)23;3-2(4,5)1(6)7/h5-13H,25H2,1-4H3,(H,27,28);(H,6,7). The number of anilines is 1. The number of allylic oxidation sites excluding steroid dienone is 5. The molecule has 4 rings (SSSR count). The number of hydrogen-bond donors (Lipinski definition) is 3. The summed E-state index contributed by atoms with van der Waals surface area (Å²) in [5.74, 6) is -3.67. The van der Waals surface area contributed by atoms with Gasteiger partial charge < -0.3 is 15.9 Å². The molecule has 1 aliphatic carbocycles. The first-order valence-electron chi connectivity index (χ1n) is 10.8. The molecule has 0 atom stereocenters. The number of benzene rings is 2. The second-order valence-electron chi connectivity index (χ2n) is 8.90. The molecule has 2 aromatic rings. The number of aliphatic imine (C=N–C) groups is 1. The van der Waals surface area contributed by atoms with Gasteiger partial charge in [-0.25, -0.2) is 9.59 Å². The third-order valence-corrected chi connectivity index (χ3v) is 9.70. The lowest BCUT2D eigenvalue weighted by molar-refractivity contribution is -0.192. The Bertz CT molecular complexity index is 1390. The molecule has 2 aromatic carbocycles. The van der Waals surface area contributed by atoms with Crippen molar-refractivity contribution in [3.8, 4) is 0 Å². The van der Waals surface area contributed by atoms with Crippen LogP contribution in [-0.4, -0.2) is 49.2 Å². The van der Waals surface area contributed by atoms with E-state index in [4.69, 9.17) is 15.6 Å². The van der Waals surface area contributed by atoms with Crippen LogP contribution in [0.25, 0.3) is 5.57 Å². The van der Waals surface area contributed by atoms with E-state index < -0.39 is 26.2 Å². The summed E-state index contributed by atoms with van der Waals surface area (Å²) in [6.45, 7) is 6.67. The Kier molecular flexibility index (Phi) is 7.12. The van der Waals surface area contributed by atoms with Gasteiger partial charge in [-0.15, -0.1) is 0 Å². The van der Waals surface area contributed by atoms with Crippen molar-refractivity contribution < 1.29 is 33.0 Å². The molecular weight excluding hydrogens is 489 g/mol. The second kappa shape index (κ2) is 9.61. The van der Waals surface area contributed by atoms with Crippen LogP contribution < -0.4 is 10.9 Å². The summed E-state index contributed by atoms with van der Waals surface area (Å²) in [7, 11) is -0.177. The van der Waals surface area contributed by atoms with Gasteiger partial charge in [0, 0.05) is 12.7 Å². The number of aromatic carboxylic acids is 1. The number of carboxylic acid groups (broad SMARTS) is 2. The largest absolute Gasteiger partial charge is 0.490 e. The number of hydrogen-bond acceptors (Lipinski definition) is 4. The van der Waals surface area contributed by atoms with Crippen molar-refractivity contribution in [1.82, 2.24) is 0 Å². The zero-order chi connectivity index (χ0) is 27.0. The summed E-state index contributed by atoms with van der Waals surface area (Å²) in [5.41, 5.74) is 13.7. The number of fused-ring (bicyclic) bond motifs is 2. The van der Waals surface area contributed by atoms with Crippen molar-refractivity contribution in [3.05, 3.63) is 87.6 Å². The molecule has 0 fully saturated rings. The lowest BCUT2D eigenvalue weighted by Gasteiger charge is -2.38. The summed E-state index contributed by atoms with van der Waals surface area (Å²) < 4.78 is 31.7. The quantitative estimate of drug-likeness (QED) is 0.396. The summed E-state index contributed by atoms with van der Waals surface area (Å²) in [4.78, 5) is 24.7. The van der Waals surface area contributed by atoms with E-state index in [1.807, 2.05) is 32.2 Å². The summed E-state index contributed by atoms with van der Waals surface area (Å²) in [5, 5.41) is 19.1. The Morgan fingerprint density at radius 2 is 1.61 bits per heavy atom. The third kappa shape index (κ3) is 5.03. The Morgan fingerprint density at radius 3 is 2.14 bits per heavy atom. The van der Waals surface area contributed by atoms with Crippen molar-refractivity contribution in [3.63, 3.8) is 0 Å². The molecule has 0 saturated carbocycles. The molecule has 0 spiro atoms. The van der Waals surface area contributed by atoms with Gasteiger partial charge in [-0.2, -0.15) is 13.2 Å². The van der Waals surface area contributed by atoms with E-state index in [2.05, 4.69) is 42.4 Å². The molecule has 0 aromatic heterocycles. The molecule has 0 bridgehead atoms. The first kappa shape index (κ1) is 26.7. The molecule has 0 radical (unpaired) electrons. The Balaban J connectivity index is 0.000000454. The highest BCUT2D eigenvalue weighted by atomic mass is 28.3. The lowest BCUT2D eigenvalue weighted by Crippen LogP contribution is -2.49. The number of nitrogens with two attached hydrogens (primary N) is 1. The normalized spacial score (nSPS) is 17.0. The molecule has 1 heterocycles. The smallest absolute Gasteiger partial charge is 0.478 e. The zero-order valence-electron chi connectivity index (χ0n) is 20.1. The van der Waals surface area contributed by atoms with E-state index in [9.17, 15) is 23.1 Å². The molecule has 0 amide bonds. The predicted octanol–water partition coefficient (Wildman–Crippen LogP) is 4.75. The van der Waals surface area contributed by atoms with Crippen molar-refractivity contribution >= 4 is 42.2 Å². The van der Waals surface area contributed by atoms with Crippen LogP contribution in [0.2, 0.25) is 13.1 Å². The highest BCUT2D eigenvalue weighted by molar-refractivity contribution is 6.98. The molecule has 6 nitrogen and oxygen atoms in total. The summed E-state index contributed by atoms with van der Waals surface area (Å²) >= 11 is 0. The first-order valence-corrected chi connectivity index (χ1v) is 13.8. The van der Waals surface area contributed by atoms with Crippen LogP contribution in [0.5, 0.6) is 0 Å². The highest BCUT2D eigenvalue weighted by Crippen LogP contribution is 2.42. The van der Waals surface area contributed by atoms with Gasteiger partial charge in [-0.1, -0.05) is 31.3 Å². The predicted molar refractivity (Wildman–Crippen MR) is 136 cm³/mol. The van der Waals surface area contributed by atoms with E-state index in [-0.39, 0.29) is 0 Å². The Hall–Kier alpha value is -3.92. The minimum absolute atomic E-state index is 0.301. The fraction of sp³-hybridized carbons (Fsp3) is 0.192. The average molecular weight is 515 g/mol. The number of halogens is 3. The van der Waals surface area contributed by atoms with Crippen LogP contribution in [0.15, 0.2) is 70.4 Å². The number of nitrogen functional groups attached to an aromatic ring is 1.